The van der Waals surface area contributed by atoms with Gasteiger partial charge in [-0.05, 0) is 48.8 Å². The number of amides is 1. The van der Waals surface area contributed by atoms with Crippen molar-refractivity contribution in [3.05, 3.63) is 50.1 Å². The quantitative estimate of drug-likeness (QED) is 0.244. The monoisotopic (exact) mass is 527 g/mol. The average molecular weight is 528 g/mol. The van der Waals surface area contributed by atoms with Gasteiger partial charge in [0.15, 0.2) is 5.16 Å². The Morgan fingerprint density at radius 1 is 1.26 bits per heavy atom. The summed E-state index contributed by atoms with van der Waals surface area (Å²) < 4.78 is 5.04. The number of hydrogen-bond acceptors (Lipinski definition) is 9. The molecule has 3 aromatic heterocycles. The molecule has 8 nitrogen and oxygen atoms in total. The Kier molecular flexibility index (Phi) is 7.28. The van der Waals surface area contributed by atoms with Crippen LogP contribution in [0, 0.1) is 0 Å². The van der Waals surface area contributed by atoms with Crippen LogP contribution < -0.4 is 10.9 Å². The summed E-state index contributed by atoms with van der Waals surface area (Å²) in [5.74, 6) is -0.207. The van der Waals surface area contributed by atoms with Gasteiger partial charge in [-0.1, -0.05) is 48.2 Å². The third-order valence-electron chi connectivity index (χ3n) is 5.96. The summed E-state index contributed by atoms with van der Waals surface area (Å²) >= 11 is 3.97. The van der Waals surface area contributed by atoms with Crippen LogP contribution in [0.15, 0.2) is 33.5 Å². The zero-order chi connectivity index (χ0) is 24.4. The number of rotatable bonds is 8. The summed E-state index contributed by atoms with van der Waals surface area (Å²) in [4.78, 5) is 34.2. The zero-order valence-corrected chi connectivity index (χ0v) is 21.9. The van der Waals surface area contributed by atoms with E-state index in [-0.39, 0.29) is 11.5 Å². The van der Waals surface area contributed by atoms with Gasteiger partial charge in [-0.25, -0.2) is 4.98 Å². The van der Waals surface area contributed by atoms with Crippen LogP contribution in [0.4, 0.5) is 5.13 Å². The van der Waals surface area contributed by atoms with Gasteiger partial charge in [-0.3, -0.25) is 14.9 Å². The number of methoxy groups -OCH3 is 1. The molecule has 1 aliphatic rings. The Labute approximate surface area is 214 Å². The third kappa shape index (κ3) is 5.18. The molecule has 2 N–H and O–H groups in total. The van der Waals surface area contributed by atoms with Crippen molar-refractivity contribution in [1.29, 1.82) is 0 Å². The Hall–Kier alpha value is -2.60. The van der Waals surface area contributed by atoms with Gasteiger partial charge in [0, 0.05) is 18.1 Å². The van der Waals surface area contributed by atoms with Crippen LogP contribution in [0.1, 0.15) is 42.3 Å². The number of thiophene rings is 1. The standard InChI is InChI=1S/C24H25N5O3S3/c1-3-17(20(30)25-24-29-28-18(35-24)11-32-2)34-23-26-21(31)19-16(12-33-22(19)27-23)15-9-8-13-6-4-5-7-14(13)10-15/h8-10,12,17H,3-7,11H2,1-2H3,(H,25,29,30)(H,26,27,31). The van der Waals surface area contributed by atoms with Gasteiger partial charge in [0.05, 0.1) is 10.6 Å². The minimum atomic E-state index is -0.439. The van der Waals surface area contributed by atoms with Gasteiger partial charge in [0.2, 0.25) is 11.0 Å². The van der Waals surface area contributed by atoms with Crippen LogP contribution >= 0.6 is 34.4 Å². The normalized spacial score (nSPS) is 14.1. The lowest BCUT2D eigenvalue weighted by Crippen LogP contribution is -2.25. The van der Waals surface area contributed by atoms with Crippen LogP contribution in [-0.4, -0.2) is 38.4 Å². The predicted molar refractivity (Wildman–Crippen MR) is 142 cm³/mol. The molecule has 0 fully saturated rings. The van der Waals surface area contributed by atoms with Crippen LogP contribution in [-0.2, 0) is 29.0 Å². The van der Waals surface area contributed by atoms with Crippen LogP contribution in [0.25, 0.3) is 21.3 Å². The van der Waals surface area contributed by atoms with Gasteiger partial charge in [-0.15, -0.1) is 21.5 Å². The fraction of sp³-hybridized carbons (Fsp3) is 0.375. The van der Waals surface area contributed by atoms with E-state index in [1.807, 2.05) is 12.3 Å². The van der Waals surface area contributed by atoms with Crippen molar-refractivity contribution in [3.63, 3.8) is 0 Å². The number of aromatic nitrogens is 4. The summed E-state index contributed by atoms with van der Waals surface area (Å²) in [5, 5.41) is 14.5. The number of aromatic amines is 1. The smallest absolute Gasteiger partial charge is 0.260 e. The van der Waals surface area contributed by atoms with Crippen molar-refractivity contribution in [3.8, 4) is 11.1 Å². The lowest BCUT2D eigenvalue weighted by molar-refractivity contribution is -0.115. The van der Waals surface area contributed by atoms with Crippen LogP contribution in [0.2, 0.25) is 0 Å². The molecule has 1 aliphatic carbocycles. The predicted octanol–water partition coefficient (Wildman–Crippen LogP) is 5.04. The molecule has 0 spiro atoms. The molecule has 0 saturated heterocycles. The lowest BCUT2D eigenvalue weighted by Gasteiger charge is -2.16. The highest BCUT2D eigenvalue weighted by Crippen LogP contribution is 2.34. The van der Waals surface area contributed by atoms with E-state index in [1.165, 1.54) is 58.4 Å². The van der Waals surface area contributed by atoms with Gasteiger partial charge in [-0.2, -0.15) is 0 Å². The number of aryl methyl sites for hydroxylation is 2. The molecule has 0 bridgehead atoms. The van der Waals surface area contributed by atoms with Crippen molar-refractivity contribution in [2.45, 2.75) is 56.0 Å². The Balaban J connectivity index is 1.36. The molecule has 11 heteroatoms. The summed E-state index contributed by atoms with van der Waals surface area (Å²) in [7, 11) is 1.58. The lowest BCUT2D eigenvalue weighted by atomic mass is 9.89. The minimum absolute atomic E-state index is 0.185. The molecule has 35 heavy (non-hydrogen) atoms. The summed E-state index contributed by atoms with van der Waals surface area (Å²) in [6.45, 7) is 2.27. The van der Waals surface area contributed by atoms with E-state index < -0.39 is 5.25 Å². The maximum atomic E-state index is 13.1. The molecule has 0 radical (unpaired) electrons. The number of H-pyrrole nitrogens is 1. The molecule has 4 aromatic rings. The number of nitrogens with zero attached hydrogens (tertiary/aromatic N) is 3. The maximum Gasteiger partial charge on any atom is 0.260 e. The number of carbonyl (C=O) groups is 1. The SMILES string of the molecule is CCC(Sc1nc2scc(-c3ccc4c(c3)CCCC4)c2c(=O)[nH]1)C(=O)Nc1nnc(COC)s1. The van der Waals surface area contributed by atoms with Crippen molar-refractivity contribution >= 4 is 55.7 Å². The third-order valence-corrected chi connectivity index (χ3v) is 8.90. The van der Waals surface area contributed by atoms with E-state index in [4.69, 9.17) is 4.74 Å². The Bertz CT molecular complexity index is 1430. The Morgan fingerprint density at radius 2 is 2.09 bits per heavy atom. The molecule has 1 aromatic carbocycles. The zero-order valence-electron chi connectivity index (χ0n) is 19.4. The second kappa shape index (κ2) is 10.6. The number of carbonyl (C=O) groups excluding carboxylic acids is 1. The van der Waals surface area contributed by atoms with Crippen molar-refractivity contribution in [2.75, 3.05) is 12.4 Å². The summed E-state index contributed by atoms with van der Waals surface area (Å²) in [6.07, 6.45) is 5.23. The second-order valence-electron chi connectivity index (χ2n) is 8.33. The molecule has 0 aliphatic heterocycles. The van der Waals surface area contributed by atoms with E-state index in [9.17, 15) is 9.59 Å². The molecule has 1 atom stereocenters. The molecule has 1 amide bonds. The molecule has 3 heterocycles. The number of anilines is 1. The van der Waals surface area contributed by atoms with Gasteiger partial charge in [0.1, 0.15) is 16.4 Å². The fourth-order valence-electron chi connectivity index (χ4n) is 4.23. The average Bonchev–Trinajstić information content (AvgIpc) is 3.49. The number of benzene rings is 1. The fourth-order valence-corrected chi connectivity index (χ4v) is 6.85. The van der Waals surface area contributed by atoms with Gasteiger partial charge >= 0.3 is 0 Å². The highest BCUT2D eigenvalue weighted by molar-refractivity contribution is 8.00. The molecule has 0 saturated carbocycles. The van der Waals surface area contributed by atoms with Crippen molar-refractivity contribution < 1.29 is 9.53 Å². The number of ether oxygens (including phenoxy) is 1. The van der Waals surface area contributed by atoms with Crippen LogP contribution in [0.5, 0.6) is 0 Å². The first kappa shape index (κ1) is 24.1. The number of hydrogen-bond donors (Lipinski definition) is 2. The summed E-state index contributed by atoms with van der Waals surface area (Å²) in [5.41, 5.74) is 4.58. The molecule has 5 rings (SSSR count). The second-order valence-corrected chi connectivity index (χ2v) is 11.4. The first-order valence-electron chi connectivity index (χ1n) is 11.5. The highest BCUT2D eigenvalue weighted by atomic mass is 32.2. The van der Waals surface area contributed by atoms with E-state index in [1.54, 1.807) is 7.11 Å². The Morgan fingerprint density at radius 3 is 2.89 bits per heavy atom. The largest absolute Gasteiger partial charge is 0.377 e. The van der Waals surface area contributed by atoms with E-state index in [0.717, 1.165) is 24.0 Å². The molecular formula is C24H25N5O3S3. The number of nitrogens with one attached hydrogen (secondary N) is 2. The van der Waals surface area contributed by atoms with Crippen molar-refractivity contribution in [1.82, 2.24) is 20.2 Å². The van der Waals surface area contributed by atoms with Gasteiger partial charge in [0.25, 0.3) is 5.56 Å². The van der Waals surface area contributed by atoms with E-state index in [2.05, 4.69) is 43.7 Å². The summed E-state index contributed by atoms with van der Waals surface area (Å²) in [6, 6.07) is 6.53. The number of fused-ring (bicyclic) bond motifs is 2. The van der Waals surface area contributed by atoms with Crippen LogP contribution in [0.3, 0.4) is 0 Å². The maximum absolute atomic E-state index is 13.1. The van der Waals surface area contributed by atoms with E-state index >= 15 is 0 Å². The molecule has 182 valence electrons. The molecule has 1 unspecified atom stereocenters. The highest BCUT2D eigenvalue weighted by Gasteiger charge is 2.22. The first-order chi connectivity index (χ1) is 17.1. The minimum Gasteiger partial charge on any atom is -0.377 e. The topological polar surface area (TPSA) is 110 Å². The van der Waals surface area contributed by atoms with E-state index in [0.29, 0.717) is 38.5 Å². The number of thioether (sulfide) groups is 1. The molecular weight excluding hydrogens is 502 g/mol. The van der Waals surface area contributed by atoms with Crippen molar-refractivity contribution in [2.24, 2.45) is 0 Å². The first-order valence-corrected chi connectivity index (χ1v) is 14.1. The van der Waals surface area contributed by atoms with Gasteiger partial charge < -0.3 is 9.72 Å².